The van der Waals surface area contributed by atoms with Gasteiger partial charge in [0.25, 0.3) is 0 Å². The summed E-state index contributed by atoms with van der Waals surface area (Å²) in [7, 11) is -4.64. The molecule has 0 fully saturated rings. The Morgan fingerprint density at radius 3 is 1.44 bits per heavy atom. The first kappa shape index (κ1) is 23.8. The molecule has 4 nitrogen and oxygen atoms in total. The lowest BCUT2D eigenvalue weighted by atomic mass is 10.3. The quantitative estimate of drug-likeness (QED) is 0.188. The highest BCUT2D eigenvalue weighted by molar-refractivity contribution is 7.99. The van der Waals surface area contributed by atoms with Gasteiger partial charge in [-0.15, -0.1) is 0 Å². The highest BCUT2D eigenvalue weighted by atomic mass is 32.2. The Labute approximate surface area is 147 Å². The topological polar surface area (TPSA) is 77.8 Å². The lowest BCUT2D eigenvalue weighted by Crippen LogP contribution is -2.03. The third kappa shape index (κ3) is 8.17. The summed E-state index contributed by atoms with van der Waals surface area (Å²) in [6.45, 7) is 0. The summed E-state index contributed by atoms with van der Waals surface area (Å²) >= 11 is 2.51. The molecule has 0 unspecified atom stereocenters. The molecule has 0 radical (unpaired) electrons. The van der Waals surface area contributed by atoms with Crippen molar-refractivity contribution in [2.45, 2.75) is 9.79 Å². The molecule has 3 N–H and O–H groups in total. The molecule has 0 heterocycles. The predicted octanol–water partition coefficient (Wildman–Crippen LogP) is 4.41. The molecule has 0 saturated carbocycles. The third-order valence-electron chi connectivity index (χ3n) is 2.13. The van der Waals surface area contributed by atoms with E-state index in [9.17, 15) is 25.8 Å². The van der Waals surface area contributed by atoms with E-state index in [1.165, 1.54) is 12.1 Å². The molecule has 0 saturated heterocycles. The van der Waals surface area contributed by atoms with Crippen LogP contribution in [0.25, 0.3) is 0 Å². The van der Waals surface area contributed by atoms with E-state index in [0.29, 0.717) is 16.7 Å². The maximum absolute atomic E-state index is 13.3. The maximum Gasteiger partial charge on any atom is 0.466 e. The van der Waals surface area contributed by atoms with Crippen molar-refractivity contribution < 1.29 is 45.1 Å². The minimum atomic E-state index is -4.64. The summed E-state index contributed by atoms with van der Waals surface area (Å²) in [6.07, 6.45) is 0. The normalized spacial score (nSPS) is 10.3. The molecule has 0 bridgehead atoms. The van der Waals surface area contributed by atoms with Gasteiger partial charge >= 0.3 is 7.82 Å². The highest BCUT2D eigenvalue weighted by Gasteiger charge is 2.26. The minimum Gasteiger partial charge on any atom is -0.303 e. The van der Waals surface area contributed by atoms with Crippen molar-refractivity contribution in [3.63, 3.8) is 0 Å². The van der Waals surface area contributed by atoms with Crippen LogP contribution in [-0.4, -0.2) is 14.7 Å². The minimum absolute atomic E-state index is 0.376. The van der Waals surface area contributed by atoms with Gasteiger partial charge in [0.15, 0.2) is 23.3 Å². The number of benzene rings is 2. The molecule has 0 spiro atoms. The van der Waals surface area contributed by atoms with Crippen LogP contribution in [0, 0.1) is 29.1 Å². The van der Waals surface area contributed by atoms with Gasteiger partial charge in [0.1, 0.15) is 0 Å². The number of hydrogen-bond donors (Lipinski definition) is 4. The van der Waals surface area contributed by atoms with E-state index < -0.39 is 41.8 Å². The molecule has 0 aliphatic carbocycles. The fourth-order valence-corrected chi connectivity index (χ4v) is 2.17. The van der Waals surface area contributed by atoms with E-state index in [-0.39, 0.29) is 0 Å². The Kier molecular flexibility index (Phi) is 10.2. The van der Waals surface area contributed by atoms with Crippen LogP contribution in [0.3, 0.4) is 0 Å². The molecule has 0 aliphatic rings. The van der Waals surface area contributed by atoms with Crippen molar-refractivity contribution in [3.8, 4) is 0 Å². The highest BCUT2D eigenvalue weighted by Crippen LogP contribution is 2.35. The Morgan fingerprint density at radius 1 is 0.760 bits per heavy atom. The van der Waals surface area contributed by atoms with Gasteiger partial charge in [0.2, 0.25) is 5.82 Å². The molecule has 140 valence electrons. The van der Waals surface area contributed by atoms with Gasteiger partial charge in [-0.25, -0.2) is 26.5 Å². The average molecular weight is 426 g/mol. The standard InChI is InChI=1S/C12H5F5S.FHS.H3O4P/c13-7-8(14)10(16)12(11(17)9(7)15)18-6-4-2-1-3-5-6;1-2;1-5(2,3)4/h1-5H;2H;(H3,1,2,3,4). The van der Waals surface area contributed by atoms with Crippen LogP contribution >= 0.6 is 32.6 Å². The summed E-state index contributed by atoms with van der Waals surface area (Å²) in [5.74, 6) is -9.66. The number of halogens is 6. The van der Waals surface area contributed by atoms with Crippen LogP contribution in [0.2, 0.25) is 0 Å². The molecule has 25 heavy (non-hydrogen) atoms. The van der Waals surface area contributed by atoms with E-state index in [1.807, 2.05) is 13.0 Å². The van der Waals surface area contributed by atoms with Gasteiger partial charge in [0, 0.05) is 17.9 Å². The van der Waals surface area contributed by atoms with Gasteiger partial charge in [-0.05, 0) is 12.1 Å². The number of hydrogen-bond acceptors (Lipinski definition) is 3. The summed E-state index contributed by atoms with van der Waals surface area (Å²) in [5.41, 5.74) is 0. The van der Waals surface area contributed by atoms with Crippen molar-refractivity contribution in [1.82, 2.24) is 0 Å². The third-order valence-corrected chi connectivity index (χ3v) is 3.20. The summed E-state index contributed by atoms with van der Waals surface area (Å²) < 4.78 is 83.4. The molecule has 13 heteroatoms. The number of rotatable bonds is 2. The Morgan fingerprint density at radius 2 is 1.08 bits per heavy atom. The number of thiol groups is 1. The zero-order valence-corrected chi connectivity index (χ0v) is 14.3. The Balaban J connectivity index is 0.000000710. The van der Waals surface area contributed by atoms with Crippen molar-refractivity contribution in [2.75, 3.05) is 0 Å². The van der Waals surface area contributed by atoms with Crippen LogP contribution < -0.4 is 0 Å². The van der Waals surface area contributed by atoms with Gasteiger partial charge in [-0.3, -0.25) is 0 Å². The summed E-state index contributed by atoms with van der Waals surface area (Å²) in [4.78, 5) is 21.0. The van der Waals surface area contributed by atoms with Gasteiger partial charge in [0.05, 0.1) is 4.90 Å². The first-order valence-corrected chi connectivity index (χ1v) is 8.44. The number of phosphoric acid groups is 1. The molecular weight excluding hydrogens is 417 g/mol. The molecular formula is C12H9F6O4PS2. The molecule has 0 amide bonds. The monoisotopic (exact) mass is 426 g/mol. The zero-order valence-electron chi connectivity index (χ0n) is 11.7. The van der Waals surface area contributed by atoms with E-state index in [0.717, 1.165) is 0 Å². The van der Waals surface area contributed by atoms with Crippen molar-refractivity contribution in [1.29, 1.82) is 0 Å². The zero-order chi connectivity index (χ0) is 19.8. The van der Waals surface area contributed by atoms with E-state index in [1.54, 1.807) is 18.2 Å². The van der Waals surface area contributed by atoms with Crippen LogP contribution in [0.4, 0.5) is 25.8 Å². The molecule has 2 aromatic carbocycles. The van der Waals surface area contributed by atoms with Crippen molar-refractivity contribution in [3.05, 3.63) is 59.4 Å². The lowest BCUT2D eigenvalue weighted by molar-refractivity contribution is 0.275. The Hall–Kier alpha value is -1.17. The summed E-state index contributed by atoms with van der Waals surface area (Å²) in [5, 5.41) is 0. The van der Waals surface area contributed by atoms with E-state index >= 15 is 0 Å². The largest absolute Gasteiger partial charge is 0.466 e. The van der Waals surface area contributed by atoms with Gasteiger partial charge < -0.3 is 14.7 Å². The predicted molar refractivity (Wildman–Crippen MR) is 81.2 cm³/mol. The van der Waals surface area contributed by atoms with Crippen LogP contribution in [0.1, 0.15) is 0 Å². The molecule has 0 aromatic heterocycles. The molecule has 0 atom stereocenters. The average Bonchev–Trinajstić information content (AvgIpc) is 2.56. The van der Waals surface area contributed by atoms with Gasteiger partial charge in [-0.2, -0.15) is 3.89 Å². The fraction of sp³-hybridized carbons (Fsp3) is 0. The second-order valence-corrected chi connectivity index (χ2v) is 5.94. The molecule has 2 rings (SSSR count). The van der Waals surface area contributed by atoms with E-state index in [4.69, 9.17) is 19.2 Å². The first-order chi connectivity index (χ1) is 11.5. The maximum atomic E-state index is 13.3. The fourth-order valence-electron chi connectivity index (χ4n) is 1.28. The van der Waals surface area contributed by atoms with Crippen molar-refractivity contribution >= 4 is 32.6 Å². The second-order valence-electron chi connectivity index (χ2n) is 3.83. The molecule has 2 aromatic rings. The van der Waals surface area contributed by atoms with Gasteiger partial charge in [-0.1, -0.05) is 30.0 Å². The summed E-state index contributed by atoms with van der Waals surface area (Å²) in [6, 6.07) is 7.86. The van der Waals surface area contributed by atoms with Crippen molar-refractivity contribution in [2.24, 2.45) is 0 Å². The smallest absolute Gasteiger partial charge is 0.303 e. The first-order valence-electron chi connectivity index (χ1n) is 5.72. The second kappa shape index (κ2) is 10.7. The molecule has 0 aliphatic heterocycles. The SMILES string of the molecule is FS.Fc1c(F)c(F)c(Sc2ccccc2)c(F)c1F.O=P(O)(O)O. The van der Waals surface area contributed by atoms with E-state index in [2.05, 4.69) is 0 Å². The van der Waals surface area contributed by atoms with Crippen LogP contribution in [-0.2, 0) is 4.57 Å². The van der Waals surface area contributed by atoms with Crippen LogP contribution in [0.15, 0.2) is 40.1 Å². The lowest BCUT2D eigenvalue weighted by Gasteiger charge is -2.07. The Bertz CT molecular complexity index is 707. The van der Waals surface area contributed by atoms with Crippen LogP contribution in [0.5, 0.6) is 0 Å².